The van der Waals surface area contributed by atoms with Crippen molar-refractivity contribution in [3.8, 4) is 11.5 Å². The second-order valence-electron chi connectivity index (χ2n) is 5.56. The molecule has 0 fully saturated rings. The number of hydrogen-bond acceptors (Lipinski definition) is 4. The highest BCUT2D eigenvalue weighted by Crippen LogP contribution is 2.21. The van der Waals surface area contributed by atoms with Gasteiger partial charge in [0.1, 0.15) is 11.5 Å². The number of nitrogens with zero attached hydrogens (tertiary/aromatic N) is 1. The van der Waals surface area contributed by atoms with Crippen LogP contribution in [0.15, 0.2) is 53.7 Å². The molecule has 5 heteroatoms. The summed E-state index contributed by atoms with van der Waals surface area (Å²) in [5.74, 6) is 2.58. The third-order valence-corrected chi connectivity index (χ3v) is 4.53. The largest absolute Gasteiger partial charge is 0.493 e. The van der Waals surface area contributed by atoms with Gasteiger partial charge in [-0.25, -0.2) is 4.98 Å². The van der Waals surface area contributed by atoms with Crippen molar-refractivity contribution in [2.24, 2.45) is 0 Å². The predicted molar refractivity (Wildman–Crippen MR) is 99.1 cm³/mol. The van der Waals surface area contributed by atoms with E-state index in [1.165, 1.54) is 0 Å². The summed E-state index contributed by atoms with van der Waals surface area (Å²) in [6.07, 6.45) is 1.23. The second-order valence-corrected chi connectivity index (χ2v) is 6.65. The molecule has 2 aromatic carbocycles. The first-order chi connectivity index (χ1) is 11.7. The Morgan fingerprint density at radius 2 is 1.83 bits per heavy atom. The lowest BCUT2D eigenvalue weighted by molar-refractivity contribution is 0.217. The standard InChI is InChI=1S/C19H22N2O2S/c1-3-14(2)23-16-10-8-15(9-11-16)22-12-13-24-19-20-17-6-4-5-7-18(17)21-19/h4-11,14H,3,12-13H2,1-2H3,(H,20,21)/t14-/m0/s1. The van der Waals surface area contributed by atoms with Crippen LogP contribution in [-0.4, -0.2) is 28.4 Å². The lowest BCUT2D eigenvalue weighted by Crippen LogP contribution is -2.09. The van der Waals surface area contributed by atoms with E-state index >= 15 is 0 Å². The van der Waals surface area contributed by atoms with Crippen LogP contribution in [0.4, 0.5) is 0 Å². The van der Waals surface area contributed by atoms with Crippen molar-refractivity contribution in [1.82, 2.24) is 9.97 Å². The number of aromatic amines is 1. The fraction of sp³-hybridized carbons (Fsp3) is 0.316. The van der Waals surface area contributed by atoms with E-state index in [0.29, 0.717) is 6.61 Å². The van der Waals surface area contributed by atoms with E-state index in [0.717, 1.165) is 39.9 Å². The number of benzene rings is 2. The second kappa shape index (κ2) is 8.11. The van der Waals surface area contributed by atoms with Gasteiger partial charge in [-0.2, -0.15) is 0 Å². The maximum Gasteiger partial charge on any atom is 0.166 e. The molecule has 1 heterocycles. The Labute approximate surface area is 146 Å². The zero-order valence-electron chi connectivity index (χ0n) is 14.0. The third-order valence-electron chi connectivity index (χ3n) is 3.69. The molecular weight excluding hydrogens is 320 g/mol. The molecule has 1 atom stereocenters. The van der Waals surface area contributed by atoms with E-state index in [1.807, 2.05) is 48.5 Å². The molecule has 1 N–H and O–H groups in total. The van der Waals surface area contributed by atoms with Gasteiger partial charge in [0, 0.05) is 5.75 Å². The van der Waals surface area contributed by atoms with Gasteiger partial charge < -0.3 is 14.5 Å². The van der Waals surface area contributed by atoms with Gasteiger partial charge in [0.2, 0.25) is 0 Å². The van der Waals surface area contributed by atoms with E-state index in [2.05, 4.69) is 23.8 Å². The van der Waals surface area contributed by atoms with Gasteiger partial charge in [-0.3, -0.25) is 0 Å². The van der Waals surface area contributed by atoms with Crippen LogP contribution in [0.1, 0.15) is 20.3 Å². The summed E-state index contributed by atoms with van der Waals surface area (Å²) in [4.78, 5) is 7.84. The van der Waals surface area contributed by atoms with Gasteiger partial charge in [-0.1, -0.05) is 30.8 Å². The zero-order chi connectivity index (χ0) is 16.8. The van der Waals surface area contributed by atoms with Crippen molar-refractivity contribution in [2.75, 3.05) is 12.4 Å². The number of ether oxygens (including phenoxy) is 2. The normalized spacial score (nSPS) is 12.2. The van der Waals surface area contributed by atoms with Crippen LogP contribution in [0.25, 0.3) is 11.0 Å². The number of imidazole rings is 1. The Morgan fingerprint density at radius 1 is 1.08 bits per heavy atom. The molecule has 24 heavy (non-hydrogen) atoms. The van der Waals surface area contributed by atoms with Gasteiger partial charge in [0.05, 0.1) is 23.7 Å². The Hall–Kier alpha value is -2.14. The number of aromatic nitrogens is 2. The molecule has 0 saturated heterocycles. The van der Waals surface area contributed by atoms with Crippen molar-refractivity contribution in [1.29, 1.82) is 0 Å². The number of rotatable bonds is 8. The Kier molecular flexibility index (Phi) is 5.64. The third kappa shape index (κ3) is 4.45. The van der Waals surface area contributed by atoms with Crippen LogP contribution in [0.5, 0.6) is 11.5 Å². The van der Waals surface area contributed by atoms with Crippen LogP contribution in [0, 0.1) is 0 Å². The lowest BCUT2D eigenvalue weighted by atomic mass is 10.3. The highest BCUT2D eigenvalue weighted by Gasteiger charge is 2.04. The van der Waals surface area contributed by atoms with E-state index in [1.54, 1.807) is 11.8 Å². The molecule has 0 amide bonds. The molecule has 126 valence electrons. The summed E-state index contributed by atoms with van der Waals surface area (Å²) in [7, 11) is 0. The quantitative estimate of drug-likeness (QED) is 0.467. The first kappa shape index (κ1) is 16.7. The van der Waals surface area contributed by atoms with Crippen molar-refractivity contribution in [2.45, 2.75) is 31.5 Å². The predicted octanol–water partition coefficient (Wildman–Crippen LogP) is 4.91. The zero-order valence-corrected chi connectivity index (χ0v) is 14.8. The summed E-state index contributed by atoms with van der Waals surface area (Å²) in [6, 6.07) is 15.8. The van der Waals surface area contributed by atoms with Gasteiger partial charge in [0.15, 0.2) is 5.16 Å². The van der Waals surface area contributed by atoms with Crippen LogP contribution in [-0.2, 0) is 0 Å². The minimum absolute atomic E-state index is 0.233. The van der Waals surface area contributed by atoms with Crippen molar-refractivity contribution in [3.05, 3.63) is 48.5 Å². The number of fused-ring (bicyclic) bond motifs is 1. The highest BCUT2D eigenvalue weighted by atomic mass is 32.2. The van der Waals surface area contributed by atoms with Crippen LogP contribution in [0.2, 0.25) is 0 Å². The van der Waals surface area contributed by atoms with Crippen molar-refractivity contribution >= 4 is 22.8 Å². The van der Waals surface area contributed by atoms with Gasteiger partial charge in [-0.05, 0) is 49.7 Å². The molecule has 0 spiro atoms. The fourth-order valence-electron chi connectivity index (χ4n) is 2.23. The molecule has 4 nitrogen and oxygen atoms in total. The monoisotopic (exact) mass is 342 g/mol. The first-order valence-electron chi connectivity index (χ1n) is 8.21. The summed E-state index contributed by atoms with van der Waals surface area (Å²) in [6.45, 7) is 4.81. The summed E-state index contributed by atoms with van der Waals surface area (Å²) < 4.78 is 11.5. The Morgan fingerprint density at radius 3 is 2.58 bits per heavy atom. The number of thioether (sulfide) groups is 1. The summed E-state index contributed by atoms with van der Waals surface area (Å²) in [5, 5.41) is 0.928. The van der Waals surface area contributed by atoms with E-state index in [-0.39, 0.29) is 6.10 Å². The molecule has 0 aliphatic carbocycles. The molecular formula is C19H22N2O2S. The average molecular weight is 342 g/mol. The smallest absolute Gasteiger partial charge is 0.166 e. The first-order valence-corrected chi connectivity index (χ1v) is 9.20. The molecule has 0 saturated carbocycles. The molecule has 0 unspecified atom stereocenters. The van der Waals surface area contributed by atoms with Crippen molar-refractivity contribution in [3.63, 3.8) is 0 Å². The molecule has 0 bridgehead atoms. The van der Waals surface area contributed by atoms with Crippen LogP contribution >= 0.6 is 11.8 Å². The Balaban J connectivity index is 1.44. The van der Waals surface area contributed by atoms with Gasteiger partial charge in [-0.15, -0.1) is 0 Å². The number of hydrogen-bond donors (Lipinski definition) is 1. The topological polar surface area (TPSA) is 47.1 Å². The molecule has 0 aliphatic rings. The lowest BCUT2D eigenvalue weighted by Gasteiger charge is -2.13. The van der Waals surface area contributed by atoms with E-state index < -0.39 is 0 Å². The van der Waals surface area contributed by atoms with Gasteiger partial charge in [0.25, 0.3) is 0 Å². The van der Waals surface area contributed by atoms with Crippen LogP contribution in [0.3, 0.4) is 0 Å². The molecule has 3 rings (SSSR count). The van der Waals surface area contributed by atoms with E-state index in [4.69, 9.17) is 9.47 Å². The Bertz CT molecular complexity index is 737. The minimum atomic E-state index is 0.233. The summed E-state index contributed by atoms with van der Waals surface area (Å²) in [5.41, 5.74) is 2.07. The van der Waals surface area contributed by atoms with E-state index in [9.17, 15) is 0 Å². The van der Waals surface area contributed by atoms with Gasteiger partial charge >= 0.3 is 0 Å². The maximum absolute atomic E-state index is 5.77. The number of nitrogens with one attached hydrogen (secondary N) is 1. The summed E-state index contributed by atoms with van der Waals surface area (Å²) >= 11 is 1.66. The molecule has 3 aromatic rings. The number of H-pyrrole nitrogens is 1. The minimum Gasteiger partial charge on any atom is -0.493 e. The molecule has 0 aliphatic heterocycles. The van der Waals surface area contributed by atoms with Crippen LogP contribution < -0.4 is 9.47 Å². The highest BCUT2D eigenvalue weighted by molar-refractivity contribution is 7.99. The SMILES string of the molecule is CC[C@H](C)Oc1ccc(OCCSc2nc3ccccc3[nH]2)cc1. The number of para-hydroxylation sites is 2. The fourth-order valence-corrected chi connectivity index (χ4v) is 2.93. The maximum atomic E-state index is 5.77. The van der Waals surface area contributed by atoms with Crippen molar-refractivity contribution < 1.29 is 9.47 Å². The average Bonchev–Trinajstić information content (AvgIpc) is 3.03. The molecule has 1 aromatic heterocycles. The molecule has 0 radical (unpaired) electrons.